The molecule has 3 atom stereocenters. The Morgan fingerprint density at radius 2 is 1.97 bits per heavy atom. The van der Waals surface area contributed by atoms with Crippen molar-refractivity contribution >= 4 is 23.0 Å². The normalized spacial score (nSPS) is 20.3. The van der Waals surface area contributed by atoms with Crippen molar-refractivity contribution in [2.75, 3.05) is 26.8 Å². The fourth-order valence-electron chi connectivity index (χ4n) is 5.57. The quantitative estimate of drug-likeness (QED) is 0.481. The van der Waals surface area contributed by atoms with E-state index < -0.39 is 29.5 Å². The van der Waals surface area contributed by atoms with Crippen molar-refractivity contribution in [3.8, 4) is 6.07 Å². The summed E-state index contributed by atoms with van der Waals surface area (Å²) in [6.07, 6.45) is 1.06. The van der Waals surface area contributed by atoms with Crippen molar-refractivity contribution in [2.45, 2.75) is 72.5 Å². The number of amides is 2. The Balaban J connectivity index is 2.01. The third-order valence-electron chi connectivity index (χ3n) is 7.04. The number of aryl methyl sites for hydroxylation is 1. The average Bonchev–Trinajstić information content (AvgIpc) is 3.21. The Morgan fingerprint density at radius 3 is 2.57 bits per heavy atom. The number of fused-ring (bicyclic) bond motifs is 1. The largest absolute Gasteiger partial charge is 0.465 e. The number of likely N-dealkylation sites (tertiary alicyclic amines) is 1. The van der Waals surface area contributed by atoms with Crippen LogP contribution in [-0.2, 0) is 11.3 Å². The number of para-hydroxylation sites is 2. The first-order chi connectivity index (χ1) is 17.5. The van der Waals surface area contributed by atoms with E-state index in [9.17, 15) is 20.0 Å². The highest BCUT2D eigenvalue weighted by Gasteiger charge is 2.47. The summed E-state index contributed by atoms with van der Waals surface area (Å²) in [6, 6.07) is 9.19. The predicted molar refractivity (Wildman–Crippen MR) is 142 cm³/mol. The van der Waals surface area contributed by atoms with Crippen LogP contribution >= 0.6 is 0 Å². The molecule has 1 fully saturated rings. The van der Waals surface area contributed by atoms with Crippen molar-refractivity contribution in [2.24, 2.45) is 17.3 Å². The summed E-state index contributed by atoms with van der Waals surface area (Å²) in [4.78, 5) is 34.4. The van der Waals surface area contributed by atoms with E-state index in [1.54, 1.807) is 12.0 Å². The Morgan fingerprint density at radius 1 is 1.27 bits per heavy atom. The molecule has 2 amide bonds. The summed E-state index contributed by atoms with van der Waals surface area (Å²) in [5, 5.41) is 20.1. The van der Waals surface area contributed by atoms with Crippen LogP contribution in [0.3, 0.4) is 0 Å². The van der Waals surface area contributed by atoms with Gasteiger partial charge in [-0.1, -0.05) is 46.8 Å². The van der Waals surface area contributed by atoms with Crippen molar-refractivity contribution < 1.29 is 19.4 Å². The van der Waals surface area contributed by atoms with E-state index >= 15 is 0 Å². The minimum atomic E-state index is -1.06. The summed E-state index contributed by atoms with van der Waals surface area (Å²) < 4.78 is 7.16. The van der Waals surface area contributed by atoms with Crippen LogP contribution in [0, 0.1) is 28.6 Å². The molecule has 1 aliphatic rings. The van der Waals surface area contributed by atoms with Crippen molar-refractivity contribution in [3.63, 3.8) is 0 Å². The maximum absolute atomic E-state index is 14.2. The van der Waals surface area contributed by atoms with Crippen LogP contribution < -0.4 is 0 Å². The molecule has 37 heavy (non-hydrogen) atoms. The third-order valence-corrected chi connectivity index (χ3v) is 7.04. The number of benzene rings is 1. The van der Waals surface area contributed by atoms with E-state index in [-0.39, 0.29) is 18.4 Å². The van der Waals surface area contributed by atoms with Gasteiger partial charge in [0.2, 0.25) is 0 Å². The topological polar surface area (TPSA) is 112 Å². The number of carboxylic acid groups (broad SMARTS) is 1. The fraction of sp³-hybridized carbons (Fsp3) is 0.643. The molecule has 0 bridgehead atoms. The predicted octanol–water partition coefficient (Wildman–Crippen LogP) is 4.87. The lowest BCUT2D eigenvalue weighted by molar-refractivity contribution is -0.00178. The summed E-state index contributed by atoms with van der Waals surface area (Å²) >= 11 is 0. The van der Waals surface area contributed by atoms with E-state index in [4.69, 9.17) is 9.72 Å². The van der Waals surface area contributed by atoms with E-state index in [2.05, 4.69) is 6.07 Å². The zero-order chi connectivity index (χ0) is 27.3. The molecule has 3 rings (SSSR count). The number of hydrogen-bond donors (Lipinski definition) is 1. The number of methoxy groups -OCH3 is 1. The maximum atomic E-state index is 14.2. The molecule has 2 heterocycles. The van der Waals surface area contributed by atoms with E-state index in [0.717, 1.165) is 23.9 Å². The Kier molecular flexibility index (Phi) is 9.19. The second kappa shape index (κ2) is 12.0. The van der Waals surface area contributed by atoms with Crippen LogP contribution in [0.2, 0.25) is 0 Å². The van der Waals surface area contributed by atoms with Crippen LogP contribution in [0.25, 0.3) is 11.0 Å². The molecule has 202 valence electrons. The number of carbonyl (C=O) groups excluding carboxylic acids is 1. The van der Waals surface area contributed by atoms with Crippen LogP contribution in [0.1, 0.15) is 64.5 Å². The number of carbonyl (C=O) groups is 2. The first-order valence-corrected chi connectivity index (χ1v) is 13.1. The molecule has 9 nitrogen and oxygen atoms in total. The number of imidazole rings is 1. The van der Waals surface area contributed by atoms with Gasteiger partial charge in [0, 0.05) is 33.4 Å². The SMILES string of the molecule is COCCCCn1c(C(=O)N(CC(C)C)[C@H]2C[C@@H](C#N)C(C(C)(C)C)N(C(=O)O)C2)nc2ccccc21. The molecule has 1 aliphatic heterocycles. The zero-order valence-corrected chi connectivity index (χ0v) is 23.0. The minimum absolute atomic E-state index is 0.155. The molecule has 1 saturated heterocycles. The van der Waals surface area contributed by atoms with Gasteiger partial charge in [-0.05, 0) is 42.7 Å². The van der Waals surface area contributed by atoms with Gasteiger partial charge in [0.1, 0.15) is 0 Å². The number of nitrogens with zero attached hydrogens (tertiary/aromatic N) is 5. The van der Waals surface area contributed by atoms with Gasteiger partial charge >= 0.3 is 6.09 Å². The number of hydrogen-bond acceptors (Lipinski definition) is 5. The zero-order valence-electron chi connectivity index (χ0n) is 23.0. The van der Waals surface area contributed by atoms with E-state index in [1.165, 1.54) is 4.90 Å². The molecule has 0 saturated carbocycles. The minimum Gasteiger partial charge on any atom is -0.465 e. The Labute approximate surface area is 220 Å². The van der Waals surface area contributed by atoms with E-state index in [1.807, 2.05) is 63.5 Å². The number of piperidine rings is 1. The lowest BCUT2D eigenvalue weighted by atomic mass is 9.73. The summed E-state index contributed by atoms with van der Waals surface area (Å²) in [5.41, 5.74) is 1.24. The fourth-order valence-corrected chi connectivity index (χ4v) is 5.57. The van der Waals surface area contributed by atoms with Gasteiger partial charge in [-0.3, -0.25) is 4.79 Å². The van der Waals surface area contributed by atoms with Crippen LogP contribution in [0.15, 0.2) is 24.3 Å². The molecular weight excluding hydrogens is 470 g/mol. The van der Waals surface area contributed by atoms with Gasteiger partial charge < -0.3 is 24.2 Å². The molecule has 9 heteroatoms. The number of unbranched alkanes of at least 4 members (excludes halogenated alkanes) is 1. The van der Waals surface area contributed by atoms with Gasteiger partial charge in [0.15, 0.2) is 5.82 Å². The van der Waals surface area contributed by atoms with Gasteiger partial charge in [-0.2, -0.15) is 5.26 Å². The Bertz CT molecular complexity index is 1130. The summed E-state index contributed by atoms with van der Waals surface area (Å²) in [6.45, 7) is 11.8. The van der Waals surface area contributed by atoms with Crippen LogP contribution in [0.4, 0.5) is 4.79 Å². The average molecular weight is 512 g/mol. The molecular formula is C28H41N5O4. The molecule has 0 aliphatic carbocycles. The van der Waals surface area contributed by atoms with Gasteiger partial charge in [0.05, 0.1) is 35.1 Å². The number of aromatic nitrogens is 2. The number of rotatable bonds is 9. The van der Waals surface area contributed by atoms with Gasteiger partial charge in [-0.15, -0.1) is 0 Å². The smallest absolute Gasteiger partial charge is 0.407 e. The van der Waals surface area contributed by atoms with Crippen molar-refractivity contribution in [1.29, 1.82) is 5.26 Å². The summed E-state index contributed by atoms with van der Waals surface area (Å²) in [5.74, 6) is -0.238. The Hall–Kier alpha value is -3.12. The van der Waals surface area contributed by atoms with Crippen LogP contribution in [0.5, 0.6) is 0 Å². The molecule has 2 aromatic rings. The lowest BCUT2D eigenvalue weighted by Gasteiger charge is -2.49. The summed E-state index contributed by atoms with van der Waals surface area (Å²) in [7, 11) is 1.68. The highest BCUT2D eigenvalue weighted by molar-refractivity contribution is 5.95. The molecule has 1 unspecified atom stereocenters. The second-order valence-corrected chi connectivity index (χ2v) is 11.5. The molecule has 1 N–H and O–H groups in total. The first-order valence-electron chi connectivity index (χ1n) is 13.1. The standard InChI is InChI=1S/C28H41N5O4/c1-19(2)17-32(21-15-20(16-29)24(28(3,4)5)33(18-21)27(35)36)26(34)25-30-22-11-7-8-12-23(22)31(25)13-9-10-14-37-6/h7-8,11-12,19-21,24H,9-10,13-15,17-18H2,1-6H3,(H,35,36)/t20-,21-,24?/m0/s1. The monoisotopic (exact) mass is 511 g/mol. The molecule has 0 radical (unpaired) electrons. The second-order valence-electron chi connectivity index (χ2n) is 11.5. The highest BCUT2D eigenvalue weighted by atomic mass is 16.5. The van der Waals surface area contributed by atoms with Crippen LogP contribution in [-0.4, -0.2) is 75.3 Å². The third kappa shape index (κ3) is 6.42. The molecule has 0 spiro atoms. The maximum Gasteiger partial charge on any atom is 0.407 e. The number of nitriles is 1. The van der Waals surface area contributed by atoms with Gasteiger partial charge in [0.25, 0.3) is 5.91 Å². The first kappa shape index (κ1) is 28.5. The van der Waals surface area contributed by atoms with Gasteiger partial charge in [-0.25, -0.2) is 9.78 Å². The number of ether oxygens (including phenoxy) is 1. The van der Waals surface area contributed by atoms with E-state index in [0.29, 0.717) is 31.9 Å². The molecule has 1 aromatic heterocycles. The molecule has 1 aromatic carbocycles. The highest BCUT2D eigenvalue weighted by Crippen LogP contribution is 2.37. The lowest BCUT2D eigenvalue weighted by Crippen LogP contribution is -2.62. The van der Waals surface area contributed by atoms with Crippen molar-refractivity contribution in [1.82, 2.24) is 19.4 Å². The van der Waals surface area contributed by atoms with Crippen molar-refractivity contribution in [3.05, 3.63) is 30.1 Å².